The van der Waals surface area contributed by atoms with Crippen molar-refractivity contribution in [2.75, 3.05) is 0 Å². The van der Waals surface area contributed by atoms with Crippen LogP contribution < -0.4 is 56.3 Å². The van der Waals surface area contributed by atoms with Crippen LogP contribution in [0.15, 0.2) is 60.7 Å². The van der Waals surface area contributed by atoms with E-state index in [4.69, 9.17) is 9.05 Å². The molecule has 4 nitrogen and oxygen atoms in total. The Morgan fingerprint density at radius 1 is 0.800 bits per heavy atom. The summed E-state index contributed by atoms with van der Waals surface area (Å²) in [7, 11) is -4.27. The molecule has 0 heterocycles. The minimum Gasteiger partial charge on any atom is -0.756 e. The third-order valence-corrected chi connectivity index (χ3v) is 3.35. The molecule has 20 heavy (non-hydrogen) atoms. The first kappa shape index (κ1) is 18.2. The number of phosphoric acid groups is 1. The van der Waals surface area contributed by atoms with Crippen LogP contribution in [0.4, 0.5) is 0 Å². The summed E-state index contributed by atoms with van der Waals surface area (Å²) in [6, 6.07) is 18.1. The molecular formula is C14H14KO4P. The van der Waals surface area contributed by atoms with Crippen LogP contribution >= 0.6 is 7.82 Å². The van der Waals surface area contributed by atoms with Gasteiger partial charge in [-0.1, -0.05) is 60.7 Å². The summed E-state index contributed by atoms with van der Waals surface area (Å²) in [6.45, 7) is -0.0349. The molecule has 0 spiro atoms. The molecule has 0 aromatic heterocycles. The van der Waals surface area contributed by atoms with E-state index in [1.165, 1.54) is 0 Å². The summed E-state index contributed by atoms with van der Waals surface area (Å²) in [5, 5.41) is 0. The minimum atomic E-state index is -4.27. The predicted molar refractivity (Wildman–Crippen MR) is 70.1 cm³/mol. The van der Waals surface area contributed by atoms with Gasteiger partial charge in [-0.05, 0) is 11.1 Å². The number of hydrogen-bond acceptors (Lipinski definition) is 4. The number of hydrogen-bond donors (Lipinski definition) is 0. The van der Waals surface area contributed by atoms with Crippen molar-refractivity contribution < 1.29 is 69.9 Å². The van der Waals surface area contributed by atoms with Gasteiger partial charge < -0.3 is 13.9 Å². The quantitative estimate of drug-likeness (QED) is 0.551. The van der Waals surface area contributed by atoms with Crippen LogP contribution in [0.3, 0.4) is 0 Å². The SMILES string of the molecule is O=P([O-])(OCc1ccccc1)OCc1ccccc1.[K+]. The molecule has 0 aliphatic heterocycles. The van der Waals surface area contributed by atoms with Crippen molar-refractivity contribution in [3.05, 3.63) is 71.8 Å². The first-order valence-electron chi connectivity index (χ1n) is 5.84. The zero-order chi connectivity index (χ0) is 13.6. The fourth-order valence-electron chi connectivity index (χ4n) is 1.49. The summed E-state index contributed by atoms with van der Waals surface area (Å²) in [4.78, 5) is 11.6. The molecule has 0 N–H and O–H groups in total. The molecule has 2 aromatic rings. The van der Waals surface area contributed by atoms with Gasteiger partial charge in [-0.2, -0.15) is 0 Å². The van der Waals surface area contributed by atoms with E-state index in [0.29, 0.717) is 0 Å². The van der Waals surface area contributed by atoms with E-state index in [9.17, 15) is 9.46 Å². The van der Waals surface area contributed by atoms with Gasteiger partial charge in [0, 0.05) is 0 Å². The summed E-state index contributed by atoms with van der Waals surface area (Å²) >= 11 is 0. The standard InChI is InChI=1S/C14H15O4P.K/c15-19(16,17-11-13-7-3-1-4-8-13)18-12-14-9-5-2-6-10-14;/h1-10H,11-12H2,(H,15,16);/q;+1/p-1. The van der Waals surface area contributed by atoms with Gasteiger partial charge in [0.2, 0.25) is 0 Å². The first-order chi connectivity index (χ1) is 9.16. The van der Waals surface area contributed by atoms with Crippen molar-refractivity contribution in [3.8, 4) is 0 Å². The van der Waals surface area contributed by atoms with Gasteiger partial charge >= 0.3 is 51.4 Å². The maximum Gasteiger partial charge on any atom is 1.00 e. The van der Waals surface area contributed by atoms with Crippen molar-refractivity contribution in [1.29, 1.82) is 0 Å². The third kappa shape index (κ3) is 6.76. The molecule has 0 bridgehead atoms. The van der Waals surface area contributed by atoms with E-state index >= 15 is 0 Å². The van der Waals surface area contributed by atoms with Gasteiger partial charge in [0.05, 0.1) is 13.2 Å². The maximum atomic E-state index is 11.6. The van der Waals surface area contributed by atoms with E-state index in [1.54, 1.807) is 24.3 Å². The average molecular weight is 316 g/mol. The summed E-state index contributed by atoms with van der Waals surface area (Å²) in [5.74, 6) is 0. The molecule has 0 saturated carbocycles. The van der Waals surface area contributed by atoms with Crippen LogP contribution in [0.1, 0.15) is 11.1 Å². The Kier molecular flexibility index (Phi) is 8.44. The molecule has 2 rings (SSSR count). The fraction of sp³-hybridized carbons (Fsp3) is 0.143. The second-order valence-electron chi connectivity index (χ2n) is 3.97. The largest absolute Gasteiger partial charge is 1.00 e. The van der Waals surface area contributed by atoms with Crippen LogP contribution in [0.25, 0.3) is 0 Å². The molecule has 0 aliphatic rings. The van der Waals surface area contributed by atoms with Gasteiger partial charge in [0.15, 0.2) is 0 Å². The van der Waals surface area contributed by atoms with E-state index in [2.05, 4.69) is 0 Å². The predicted octanol–water partition coefficient (Wildman–Crippen LogP) is -0.108. The van der Waals surface area contributed by atoms with Crippen molar-refractivity contribution in [3.63, 3.8) is 0 Å². The van der Waals surface area contributed by atoms with Crippen molar-refractivity contribution >= 4 is 7.82 Å². The van der Waals surface area contributed by atoms with Crippen LogP contribution in [0, 0.1) is 0 Å². The molecule has 0 atom stereocenters. The van der Waals surface area contributed by atoms with Crippen molar-refractivity contribution in [2.45, 2.75) is 13.2 Å². The average Bonchev–Trinajstić information content (AvgIpc) is 2.46. The molecule has 0 amide bonds. The Bertz CT molecular complexity index is 500. The molecule has 0 unspecified atom stereocenters. The van der Waals surface area contributed by atoms with E-state index in [-0.39, 0.29) is 64.6 Å². The summed E-state index contributed by atoms with van der Waals surface area (Å²) < 4.78 is 21.2. The fourth-order valence-corrected chi connectivity index (χ4v) is 2.18. The van der Waals surface area contributed by atoms with Crippen LogP contribution in [0.2, 0.25) is 0 Å². The minimum absolute atomic E-state index is 0. The zero-order valence-corrected chi connectivity index (χ0v) is 15.3. The summed E-state index contributed by atoms with van der Waals surface area (Å²) in [5.41, 5.74) is 1.56. The number of phosphoric ester groups is 1. The van der Waals surface area contributed by atoms with Crippen molar-refractivity contribution in [2.24, 2.45) is 0 Å². The molecule has 0 aliphatic carbocycles. The van der Waals surface area contributed by atoms with Gasteiger partial charge in [-0.25, -0.2) is 0 Å². The topological polar surface area (TPSA) is 58.6 Å². The molecule has 0 saturated heterocycles. The Morgan fingerprint density at radius 2 is 1.15 bits per heavy atom. The van der Waals surface area contributed by atoms with Crippen LogP contribution in [-0.4, -0.2) is 0 Å². The van der Waals surface area contributed by atoms with Crippen LogP contribution in [-0.2, 0) is 26.8 Å². The molecule has 6 heteroatoms. The normalized spacial score (nSPS) is 10.8. The number of benzene rings is 2. The van der Waals surface area contributed by atoms with Gasteiger partial charge in [0.1, 0.15) is 0 Å². The first-order valence-corrected chi connectivity index (χ1v) is 7.30. The Labute approximate surface area is 161 Å². The molecule has 0 fully saturated rings. The van der Waals surface area contributed by atoms with Gasteiger partial charge in [-0.15, -0.1) is 0 Å². The van der Waals surface area contributed by atoms with Crippen LogP contribution in [0.5, 0.6) is 0 Å². The number of rotatable bonds is 6. The molecular weight excluding hydrogens is 302 g/mol. The molecule has 2 aromatic carbocycles. The smallest absolute Gasteiger partial charge is 0.756 e. The zero-order valence-electron chi connectivity index (χ0n) is 11.3. The van der Waals surface area contributed by atoms with E-state index in [0.717, 1.165) is 11.1 Å². The second-order valence-corrected chi connectivity index (χ2v) is 5.38. The van der Waals surface area contributed by atoms with Gasteiger partial charge in [-0.3, -0.25) is 4.57 Å². The Morgan fingerprint density at radius 3 is 1.50 bits per heavy atom. The molecule has 100 valence electrons. The monoisotopic (exact) mass is 316 g/mol. The van der Waals surface area contributed by atoms with Crippen molar-refractivity contribution in [1.82, 2.24) is 0 Å². The third-order valence-electron chi connectivity index (χ3n) is 2.46. The Balaban J connectivity index is 0.00000200. The van der Waals surface area contributed by atoms with Gasteiger partial charge in [0.25, 0.3) is 7.82 Å². The van der Waals surface area contributed by atoms with E-state index < -0.39 is 7.82 Å². The second kappa shape index (κ2) is 9.25. The maximum absolute atomic E-state index is 11.6. The van der Waals surface area contributed by atoms with E-state index in [1.807, 2.05) is 36.4 Å². The summed E-state index contributed by atoms with van der Waals surface area (Å²) in [6.07, 6.45) is 0. The molecule has 0 radical (unpaired) electrons. The Hall–Kier alpha value is 0.186.